The molecule has 0 saturated heterocycles. The third kappa shape index (κ3) is 5.31. The summed E-state index contributed by atoms with van der Waals surface area (Å²) >= 11 is 0. The standard InChI is InChI=1S/C51H44N2/c1-51(2)47-19-11-9-17-43(47)44-31-30-42(34-48(44)51)52(40-26-21-36(22-27-40)35-13-5-3-6-14-35)41-28-23-37(24-29-41)38-25-32-50-46(33-38)45-18-10-12-20-49(45)53(50)39-15-7-4-8-16-39/h3-8,10,12-16,18,20-34,43,47H,9,11,17,19H2,1-2H3. The lowest BCUT2D eigenvalue weighted by Crippen LogP contribution is -2.28. The second-order valence-corrected chi connectivity index (χ2v) is 15.7. The molecule has 0 amide bonds. The first-order valence-electron chi connectivity index (χ1n) is 19.3. The third-order valence-electron chi connectivity index (χ3n) is 12.5. The molecule has 2 unspecified atom stereocenters. The van der Waals surface area contributed by atoms with Gasteiger partial charge in [-0.2, -0.15) is 0 Å². The molecule has 258 valence electrons. The predicted molar refractivity (Wildman–Crippen MR) is 224 cm³/mol. The Morgan fingerprint density at radius 3 is 1.79 bits per heavy atom. The number of hydrogen-bond acceptors (Lipinski definition) is 1. The normalized spacial score (nSPS) is 17.5. The first-order valence-corrected chi connectivity index (χ1v) is 19.3. The van der Waals surface area contributed by atoms with E-state index >= 15 is 0 Å². The molecule has 0 bridgehead atoms. The van der Waals surface area contributed by atoms with Crippen LogP contribution in [0.5, 0.6) is 0 Å². The molecule has 53 heavy (non-hydrogen) atoms. The largest absolute Gasteiger partial charge is 0.310 e. The molecule has 8 aromatic rings. The minimum absolute atomic E-state index is 0.172. The highest BCUT2D eigenvalue weighted by Gasteiger charge is 2.46. The van der Waals surface area contributed by atoms with Gasteiger partial charge in [-0.1, -0.05) is 130 Å². The number of aromatic nitrogens is 1. The Kier molecular flexibility index (Phi) is 7.61. The quantitative estimate of drug-likeness (QED) is 0.169. The molecule has 2 heteroatoms. The highest BCUT2D eigenvalue weighted by Crippen LogP contribution is 2.57. The fourth-order valence-corrected chi connectivity index (χ4v) is 9.82. The molecule has 10 rings (SSSR count). The van der Waals surface area contributed by atoms with Crippen molar-refractivity contribution in [1.29, 1.82) is 0 Å². The number of benzene rings is 7. The monoisotopic (exact) mass is 684 g/mol. The average molecular weight is 685 g/mol. The third-order valence-corrected chi connectivity index (χ3v) is 12.5. The van der Waals surface area contributed by atoms with E-state index in [1.807, 2.05) is 0 Å². The van der Waals surface area contributed by atoms with Crippen molar-refractivity contribution < 1.29 is 0 Å². The SMILES string of the molecule is CC1(C)c2cc(N(c3ccc(-c4ccccc4)cc3)c3ccc(-c4ccc5c(c4)c4ccccc4n5-c4ccccc4)cc3)ccc2C2CCCCC21. The lowest BCUT2D eigenvalue weighted by molar-refractivity contribution is 0.233. The molecular weight excluding hydrogens is 641 g/mol. The van der Waals surface area contributed by atoms with Crippen LogP contribution in [0.3, 0.4) is 0 Å². The minimum atomic E-state index is 0.172. The van der Waals surface area contributed by atoms with Gasteiger partial charge in [0.1, 0.15) is 0 Å². The van der Waals surface area contributed by atoms with Crippen molar-refractivity contribution in [3.8, 4) is 27.9 Å². The van der Waals surface area contributed by atoms with E-state index in [9.17, 15) is 0 Å². The van der Waals surface area contributed by atoms with Crippen molar-refractivity contribution in [2.45, 2.75) is 50.9 Å². The number of para-hydroxylation sites is 2. The molecule has 1 heterocycles. The molecule has 2 aliphatic rings. The van der Waals surface area contributed by atoms with Crippen LogP contribution >= 0.6 is 0 Å². The van der Waals surface area contributed by atoms with E-state index in [1.165, 1.54) is 92.4 Å². The minimum Gasteiger partial charge on any atom is -0.310 e. The van der Waals surface area contributed by atoms with Crippen LogP contribution in [0.2, 0.25) is 0 Å². The summed E-state index contributed by atoms with van der Waals surface area (Å²) in [5.41, 5.74) is 15.4. The first-order chi connectivity index (χ1) is 26.0. The molecule has 1 fully saturated rings. The zero-order chi connectivity index (χ0) is 35.5. The molecule has 1 saturated carbocycles. The van der Waals surface area contributed by atoms with Crippen LogP contribution in [0.25, 0.3) is 49.7 Å². The van der Waals surface area contributed by atoms with Crippen LogP contribution in [0.4, 0.5) is 17.1 Å². The van der Waals surface area contributed by atoms with Gasteiger partial charge in [0.2, 0.25) is 0 Å². The molecule has 0 radical (unpaired) electrons. The second kappa shape index (κ2) is 12.7. The van der Waals surface area contributed by atoms with Gasteiger partial charge in [-0.25, -0.2) is 0 Å². The van der Waals surface area contributed by atoms with E-state index in [2.05, 4.69) is 193 Å². The lowest BCUT2D eigenvalue weighted by Gasteiger charge is -2.35. The summed E-state index contributed by atoms with van der Waals surface area (Å²) in [6, 6.07) is 62.7. The van der Waals surface area contributed by atoms with Crippen LogP contribution in [0, 0.1) is 5.92 Å². The maximum absolute atomic E-state index is 2.52. The maximum Gasteiger partial charge on any atom is 0.0541 e. The Hall–Kier alpha value is -5.86. The van der Waals surface area contributed by atoms with Gasteiger partial charge in [-0.15, -0.1) is 0 Å². The fourth-order valence-electron chi connectivity index (χ4n) is 9.82. The molecule has 2 atom stereocenters. The predicted octanol–water partition coefficient (Wildman–Crippen LogP) is 14.2. The van der Waals surface area contributed by atoms with Gasteiger partial charge in [-0.3, -0.25) is 0 Å². The summed E-state index contributed by atoms with van der Waals surface area (Å²) < 4.78 is 2.38. The van der Waals surface area contributed by atoms with Crippen LogP contribution in [-0.4, -0.2) is 4.57 Å². The smallest absolute Gasteiger partial charge is 0.0541 e. The van der Waals surface area contributed by atoms with E-state index in [0.29, 0.717) is 5.92 Å². The molecule has 2 nitrogen and oxygen atoms in total. The first kappa shape index (κ1) is 31.8. The van der Waals surface area contributed by atoms with Crippen molar-refractivity contribution in [3.05, 3.63) is 181 Å². The van der Waals surface area contributed by atoms with Gasteiger partial charge < -0.3 is 9.47 Å². The van der Waals surface area contributed by atoms with E-state index < -0.39 is 0 Å². The summed E-state index contributed by atoms with van der Waals surface area (Å²) in [6.45, 7) is 4.99. The Morgan fingerprint density at radius 2 is 1.06 bits per heavy atom. The highest BCUT2D eigenvalue weighted by atomic mass is 15.1. The Balaban J connectivity index is 1.06. The van der Waals surface area contributed by atoms with E-state index in [1.54, 1.807) is 5.56 Å². The number of rotatable bonds is 6. The number of anilines is 3. The molecule has 0 spiro atoms. The van der Waals surface area contributed by atoms with Crippen molar-refractivity contribution in [1.82, 2.24) is 4.57 Å². The zero-order valence-corrected chi connectivity index (χ0v) is 30.5. The molecule has 0 aliphatic heterocycles. The summed E-state index contributed by atoms with van der Waals surface area (Å²) in [6.07, 6.45) is 5.38. The van der Waals surface area contributed by atoms with E-state index in [0.717, 1.165) is 11.6 Å². The van der Waals surface area contributed by atoms with E-state index in [4.69, 9.17) is 0 Å². The van der Waals surface area contributed by atoms with Crippen LogP contribution < -0.4 is 4.90 Å². The van der Waals surface area contributed by atoms with Crippen LogP contribution in [-0.2, 0) is 5.41 Å². The van der Waals surface area contributed by atoms with Gasteiger partial charge in [0, 0.05) is 33.5 Å². The summed E-state index contributed by atoms with van der Waals surface area (Å²) in [5, 5.41) is 2.54. The fraction of sp³-hybridized carbons (Fsp3) is 0.176. The number of fused-ring (bicyclic) bond motifs is 6. The molecule has 1 aromatic heterocycles. The Labute approximate surface area is 313 Å². The van der Waals surface area contributed by atoms with Crippen molar-refractivity contribution in [3.63, 3.8) is 0 Å². The van der Waals surface area contributed by atoms with Crippen LogP contribution in [0.1, 0.15) is 56.6 Å². The van der Waals surface area contributed by atoms with E-state index in [-0.39, 0.29) is 5.41 Å². The van der Waals surface area contributed by atoms with Gasteiger partial charge in [0.05, 0.1) is 11.0 Å². The summed E-state index contributed by atoms with van der Waals surface area (Å²) in [4.78, 5) is 2.45. The topological polar surface area (TPSA) is 8.17 Å². The highest BCUT2D eigenvalue weighted by molar-refractivity contribution is 6.10. The molecular formula is C51H44N2. The number of hydrogen-bond donors (Lipinski definition) is 0. The van der Waals surface area contributed by atoms with Gasteiger partial charge in [-0.05, 0) is 130 Å². The number of nitrogens with zero attached hydrogens (tertiary/aromatic N) is 2. The maximum atomic E-state index is 2.52. The van der Waals surface area contributed by atoms with Gasteiger partial charge in [0.25, 0.3) is 0 Å². The summed E-state index contributed by atoms with van der Waals surface area (Å²) in [7, 11) is 0. The Morgan fingerprint density at radius 1 is 0.491 bits per heavy atom. The lowest BCUT2D eigenvalue weighted by atomic mass is 9.70. The summed E-state index contributed by atoms with van der Waals surface area (Å²) in [5.74, 6) is 1.43. The average Bonchev–Trinajstić information content (AvgIpc) is 3.67. The molecule has 0 N–H and O–H groups in total. The van der Waals surface area contributed by atoms with Crippen molar-refractivity contribution in [2.75, 3.05) is 4.90 Å². The van der Waals surface area contributed by atoms with Crippen molar-refractivity contribution in [2.24, 2.45) is 5.92 Å². The van der Waals surface area contributed by atoms with Crippen molar-refractivity contribution >= 4 is 38.9 Å². The van der Waals surface area contributed by atoms with Gasteiger partial charge >= 0.3 is 0 Å². The second-order valence-electron chi connectivity index (χ2n) is 15.7. The zero-order valence-electron chi connectivity index (χ0n) is 30.5. The van der Waals surface area contributed by atoms with Gasteiger partial charge in [0.15, 0.2) is 0 Å². The Bertz CT molecular complexity index is 2580. The van der Waals surface area contributed by atoms with Crippen LogP contribution in [0.15, 0.2) is 170 Å². The molecule has 2 aliphatic carbocycles. The molecule has 7 aromatic carbocycles.